The molecule has 0 radical (unpaired) electrons. The number of morpholine rings is 1. The van der Waals surface area contributed by atoms with Gasteiger partial charge in [0, 0.05) is 37.4 Å². The third kappa shape index (κ3) is 5.07. The highest BCUT2D eigenvalue weighted by Gasteiger charge is 2.17. The Hall–Kier alpha value is -3.01. The average Bonchev–Trinajstić information content (AvgIpc) is 3.43. The molecule has 4 heterocycles. The van der Waals surface area contributed by atoms with Gasteiger partial charge in [0.25, 0.3) is 0 Å². The van der Waals surface area contributed by atoms with E-state index in [9.17, 15) is 9.90 Å². The first-order valence-corrected chi connectivity index (χ1v) is 10.8. The van der Waals surface area contributed by atoms with Gasteiger partial charge in [0.05, 0.1) is 38.0 Å². The van der Waals surface area contributed by atoms with Gasteiger partial charge in [0.2, 0.25) is 0 Å². The van der Waals surface area contributed by atoms with E-state index in [1.807, 2.05) is 29.2 Å². The van der Waals surface area contributed by atoms with Crippen LogP contribution >= 0.6 is 0 Å². The predicted molar refractivity (Wildman–Crippen MR) is 121 cm³/mol. The van der Waals surface area contributed by atoms with Gasteiger partial charge >= 0.3 is 5.69 Å². The summed E-state index contributed by atoms with van der Waals surface area (Å²) in [4.78, 5) is 25.6. The molecule has 2 saturated heterocycles. The van der Waals surface area contributed by atoms with Crippen molar-refractivity contribution < 1.29 is 19.3 Å². The van der Waals surface area contributed by atoms with Gasteiger partial charge in [-0.3, -0.25) is 4.98 Å². The Morgan fingerprint density at radius 3 is 2.47 bits per heavy atom. The van der Waals surface area contributed by atoms with E-state index in [0.717, 1.165) is 24.2 Å². The van der Waals surface area contributed by atoms with E-state index in [2.05, 4.69) is 15.0 Å². The molecule has 0 unspecified atom stereocenters. The quantitative estimate of drug-likeness (QED) is 0.635. The molecule has 170 valence electrons. The van der Waals surface area contributed by atoms with Crippen LogP contribution in [0.2, 0.25) is 0 Å². The molecule has 0 amide bonds. The number of pyridine rings is 1. The average molecular weight is 441 g/mol. The molecule has 2 fully saturated rings. The fourth-order valence-electron chi connectivity index (χ4n) is 3.77. The highest BCUT2D eigenvalue weighted by atomic mass is 16.5. The van der Waals surface area contributed by atoms with Crippen molar-refractivity contribution in [1.82, 2.24) is 15.0 Å². The van der Waals surface area contributed by atoms with Gasteiger partial charge in [0.15, 0.2) is 0 Å². The van der Waals surface area contributed by atoms with Gasteiger partial charge in [0.1, 0.15) is 17.2 Å². The second-order valence-electron chi connectivity index (χ2n) is 7.56. The summed E-state index contributed by atoms with van der Waals surface area (Å²) >= 11 is 0. The van der Waals surface area contributed by atoms with Crippen molar-refractivity contribution in [3.63, 3.8) is 0 Å². The summed E-state index contributed by atoms with van der Waals surface area (Å²) in [5.41, 5.74) is 2.24. The fraction of sp³-hybridized carbons (Fsp3) is 0.435. The zero-order valence-electron chi connectivity index (χ0n) is 18.2. The molecule has 0 atom stereocenters. The lowest BCUT2D eigenvalue weighted by molar-refractivity contribution is 0.122. The number of hydrogen-bond donors (Lipinski definition) is 2. The maximum absolute atomic E-state index is 12.1. The van der Waals surface area contributed by atoms with Gasteiger partial charge in [-0.2, -0.15) is 4.98 Å². The summed E-state index contributed by atoms with van der Waals surface area (Å²) in [6.45, 7) is 4.46. The molecule has 0 saturated carbocycles. The molecule has 2 N–H and O–H groups in total. The lowest BCUT2D eigenvalue weighted by Gasteiger charge is -2.28. The van der Waals surface area contributed by atoms with Gasteiger partial charge in [-0.25, -0.2) is 9.78 Å². The molecule has 0 aliphatic carbocycles. The molecule has 3 aromatic rings. The molecule has 2 aromatic heterocycles. The van der Waals surface area contributed by atoms with E-state index < -0.39 is 5.69 Å². The molecule has 1 aromatic carbocycles. The minimum Gasteiger partial charge on any atom is -0.496 e. The maximum Gasteiger partial charge on any atom is 0.348 e. The fourth-order valence-corrected chi connectivity index (χ4v) is 3.77. The molecule has 2 aliphatic heterocycles. The normalized spacial score (nSPS) is 16.0. The topological polar surface area (TPSA) is 110 Å². The minimum absolute atomic E-state index is 0.132. The monoisotopic (exact) mass is 440 g/mol. The predicted octanol–water partition coefficient (Wildman–Crippen LogP) is 2.12. The van der Waals surface area contributed by atoms with Crippen molar-refractivity contribution in [1.29, 1.82) is 0 Å². The number of methoxy groups -OCH3 is 1. The Kier molecular flexibility index (Phi) is 7.31. The van der Waals surface area contributed by atoms with Crippen LogP contribution in [0.25, 0.3) is 22.3 Å². The van der Waals surface area contributed by atoms with E-state index in [4.69, 9.17) is 14.2 Å². The standard InChI is InChI=1S/C19H20N4O4.C4H8O/c1-26-16-5-2-12(10-13(16)11-24)15-4-3-14-17(20-15)21-19(25)22-18(14)23-6-8-27-9-7-23;1-2-4-5-3-1/h2-5,10,24H,6-9,11H2,1H3,(H,20,21,22,25);1-4H2. The van der Waals surface area contributed by atoms with E-state index in [0.29, 0.717) is 54.8 Å². The van der Waals surface area contributed by atoms with Crippen LogP contribution < -0.4 is 15.3 Å². The third-order valence-corrected chi connectivity index (χ3v) is 5.45. The lowest BCUT2D eigenvalue weighted by Crippen LogP contribution is -2.38. The summed E-state index contributed by atoms with van der Waals surface area (Å²) in [5.74, 6) is 1.25. The molecule has 9 heteroatoms. The molecule has 32 heavy (non-hydrogen) atoms. The lowest BCUT2D eigenvalue weighted by atomic mass is 10.1. The number of nitrogens with one attached hydrogen (secondary N) is 1. The Labute approximate surface area is 186 Å². The van der Waals surface area contributed by atoms with Crippen molar-refractivity contribution in [2.24, 2.45) is 0 Å². The number of rotatable bonds is 4. The van der Waals surface area contributed by atoms with Crippen molar-refractivity contribution in [2.75, 3.05) is 51.5 Å². The number of aromatic amines is 1. The highest BCUT2D eigenvalue weighted by molar-refractivity contribution is 5.88. The molecular weight excluding hydrogens is 412 g/mol. The van der Waals surface area contributed by atoms with E-state index >= 15 is 0 Å². The van der Waals surface area contributed by atoms with Crippen molar-refractivity contribution >= 4 is 16.9 Å². The maximum atomic E-state index is 12.1. The molecule has 0 bridgehead atoms. The van der Waals surface area contributed by atoms with Crippen molar-refractivity contribution in [3.8, 4) is 17.0 Å². The second-order valence-corrected chi connectivity index (χ2v) is 7.56. The number of aliphatic hydroxyl groups is 1. The Morgan fingerprint density at radius 2 is 1.81 bits per heavy atom. The third-order valence-electron chi connectivity index (χ3n) is 5.45. The summed E-state index contributed by atoms with van der Waals surface area (Å²) in [7, 11) is 1.56. The first-order chi connectivity index (χ1) is 15.7. The minimum atomic E-state index is -0.431. The molecule has 5 rings (SSSR count). The summed E-state index contributed by atoms with van der Waals surface area (Å²) in [6, 6.07) is 9.29. The van der Waals surface area contributed by atoms with E-state index in [-0.39, 0.29) is 6.61 Å². The summed E-state index contributed by atoms with van der Waals surface area (Å²) < 4.78 is 15.6. The van der Waals surface area contributed by atoms with Crippen molar-refractivity contribution in [3.05, 3.63) is 46.4 Å². The first-order valence-electron chi connectivity index (χ1n) is 10.8. The Morgan fingerprint density at radius 1 is 1.06 bits per heavy atom. The zero-order chi connectivity index (χ0) is 22.3. The van der Waals surface area contributed by atoms with Crippen LogP contribution in [-0.4, -0.2) is 66.7 Å². The van der Waals surface area contributed by atoms with E-state index in [1.165, 1.54) is 12.8 Å². The number of H-pyrrole nitrogens is 1. The van der Waals surface area contributed by atoms with Crippen molar-refractivity contribution in [2.45, 2.75) is 19.4 Å². The molecule has 9 nitrogen and oxygen atoms in total. The van der Waals surface area contributed by atoms with E-state index in [1.54, 1.807) is 13.2 Å². The first kappa shape index (κ1) is 22.2. The number of aliphatic hydroxyl groups excluding tert-OH is 1. The summed E-state index contributed by atoms with van der Waals surface area (Å²) in [6.07, 6.45) is 2.56. The smallest absolute Gasteiger partial charge is 0.348 e. The number of aromatic nitrogens is 3. The second kappa shape index (κ2) is 10.5. The van der Waals surface area contributed by atoms with Crippen LogP contribution in [0.3, 0.4) is 0 Å². The van der Waals surface area contributed by atoms with Gasteiger partial charge in [-0.15, -0.1) is 0 Å². The molecule has 2 aliphatic rings. The Bertz CT molecular complexity index is 1100. The largest absolute Gasteiger partial charge is 0.496 e. The summed E-state index contributed by atoms with van der Waals surface area (Å²) in [5, 5.41) is 10.3. The number of anilines is 1. The number of hydrogen-bond acceptors (Lipinski definition) is 8. The SMILES string of the molecule is C1CCOC1.COc1ccc(-c2ccc3c(N4CCOCC4)nc(=O)[nH]c3n2)cc1CO. The highest BCUT2D eigenvalue weighted by Crippen LogP contribution is 2.28. The van der Waals surface area contributed by atoms with Crippen LogP contribution in [-0.2, 0) is 16.1 Å². The van der Waals surface area contributed by atoms with Gasteiger partial charge in [-0.1, -0.05) is 0 Å². The van der Waals surface area contributed by atoms with Gasteiger partial charge in [-0.05, 0) is 43.2 Å². The zero-order valence-corrected chi connectivity index (χ0v) is 18.2. The van der Waals surface area contributed by atoms with Gasteiger partial charge < -0.3 is 24.2 Å². The number of ether oxygens (including phenoxy) is 3. The number of benzene rings is 1. The Balaban J connectivity index is 0.000000433. The van der Waals surface area contributed by atoms with Crippen LogP contribution in [0.15, 0.2) is 35.1 Å². The van der Waals surface area contributed by atoms with Crippen LogP contribution in [0.5, 0.6) is 5.75 Å². The molecular formula is C23H28N4O5. The number of fused-ring (bicyclic) bond motifs is 1. The van der Waals surface area contributed by atoms with Crippen LogP contribution in [0, 0.1) is 0 Å². The van der Waals surface area contributed by atoms with Crippen LogP contribution in [0.4, 0.5) is 5.82 Å². The number of nitrogens with zero attached hydrogens (tertiary/aromatic N) is 3. The van der Waals surface area contributed by atoms with Crippen LogP contribution in [0.1, 0.15) is 18.4 Å². The molecule has 0 spiro atoms.